The van der Waals surface area contributed by atoms with Crippen LogP contribution in [-0.2, 0) is 14.3 Å². The van der Waals surface area contributed by atoms with Crippen molar-refractivity contribution in [2.45, 2.75) is 44.9 Å². The van der Waals surface area contributed by atoms with E-state index in [1.165, 1.54) is 12.0 Å². The van der Waals surface area contributed by atoms with E-state index < -0.39 is 29.8 Å². The lowest BCUT2D eigenvalue weighted by Gasteiger charge is -2.27. The number of aliphatic hydroxyl groups is 1. The number of carbonyl (C=O) groups is 2. The summed E-state index contributed by atoms with van der Waals surface area (Å²) in [6.45, 7) is 5.31. The van der Waals surface area contributed by atoms with Crippen molar-refractivity contribution in [1.29, 1.82) is 0 Å². The second-order valence-corrected chi connectivity index (χ2v) is 5.06. The second kappa shape index (κ2) is 6.24. The third-order valence-electron chi connectivity index (χ3n) is 2.38. The summed E-state index contributed by atoms with van der Waals surface area (Å²) >= 11 is 0. The average Bonchev–Trinajstić information content (AvgIpc) is 2.56. The molecule has 1 aliphatic rings. The lowest BCUT2D eigenvalue weighted by Crippen LogP contribution is -2.43. The van der Waals surface area contributed by atoms with Gasteiger partial charge in [-0.1, -0.05) is 0 Å². The predicted molar refractivity (Wildman–Crippen MR) is 66.6 cm³/mol. The van der Waals surface area contributed by atoms with E-state index >= 15 is 0 Å². The molecule has 1 aliphatic heterocycles. The van der Waals surface area contributed by atoms with Crippen molar-refractivity contribution in [2.75, 3.05) is 13.7 Å². The molecule has 0 spiro atoms. The Morgan fingerprint density at radius 2 is 1.89 bits per heavy atom. The van der Waals surface area contributed by atoms with Gasteiger partial charge in [0.2, 0.25) is 0 Å². The zero-order valence-corrected chi connectivity index (χ0v) is 11.8. The fourth-order valence-electron chi connectivity index (χ4n) is 1.70. The van der Waals surface area contributed by atoms with E-state index in [4.69, 9.17) is 4.74 Å². The molecule has 18 heavy (non-hydrogen) atoms. The van der Waals surface area contributed by atoms with E-state index in [1.54, 1.807) is 20.8 Å². The van der Waals surface area contributed by atoms with E-state index in [2.05, 4.69) is 4.74 Å². The summed E-state index contributed by atoms with van der Waals surface area (Å²) in [6, 6.07) is -0.759. The zero-order valence-electron chi connectivity index (χ0n) is 11.0. The van der Waals surface area contributed by atoms with Crippen molar-refractivity contribution >= 4 is 24.5 Å². The van der Waals surface area contributed by atoms with Crippen LogP contribution in [0, 0.1) is 0 Å². The monoisotopic (exact) mass is 281 g/mol. The normalized spacial score (nSPS) is 23.3. The van der Waals surface area contributed by atoms with Crippen molar-refractivity contribution in [1.82, 2.24) is 4.90 Å². The number of likely N-dealkylation sites (tertiary alicyclic amines) is 1. The minimum Gasteiger partial charge on any atom is -0.467 e. The van der Waals surface area contributed by atoms with Gasteiger partial charge in [0.1, 0.15) is 11.6 Å². The maximum atomic E-state index is 11.8. The van der Waals surface area contributed by atoms with Gasteiger partial charge >= 0.3 is 12.1 Å². The SMILES string of the molecule is COC(=O)[C@@H]1C[C@@H](O)CN1C(=O)OC(C)(C)C.Cl. The molecule has 1 rings (SSSR count). The Morgan fingerprint density at radius 3 is 2.33 bits per heavy atom. The summed E-state index contributed by atoms with van der Waals surface area (Å²) in [4.78, 5) is 24.5. The van der Waals surface area contributed by atoms with E-state index in [-0.39, 0.29) is 25.4 Å². The topological polar surface area (TPSA) is 76.1 Å². The number of esters is 1. The fourth-order valence-corrected chi connectivity index (χ4v) is 1.70. The molecule has 0 saturated carbocycles. The standard InChI is InChI=1S/C11H19NO5.ClH/c1-11(2,3)17-10(15)12-6-7(13)5-8(12)9(14)16-4;/h7-8,13H,5-6H2,1-4H3;1H/t7-,8+;/m1./s1. The largest absolute Gasteiger partial charge is 0.467 e. The smallest absolute Gasteiger partial charge is 0.411 e. The van der Waals surface area contributed by atoms with Crippen LogP contribution >= 0.6 is 12.4 Å². The van der Waals surface area contributed by atoms with Gasteiger partial charge < -0.3 is 14.6 Å². The van der Waals surface area contributed by atoms with Crippen molar-refractivity contribution in [3.8, 4) is 0 Å². The number of aliphatic hydroxyl groups excluding tert-OH is 1. The quantitative estimate of drug-likeness (QED) is 0.724. The van der Waals surface area contributed by atoms with Crippen LogP contribution in [0.4, 0.5) is 4.79 Å². The van der Waals surface area contributed by atoms with Gasteiger partial charge in [0.05, 0.1) is 19.8 Å². The van der Waals surface area contributed by atoms with E-state index in [1.807, 2.05) is 0 Å². The Morgan fingerprint density at radius 1 is 1.33 bits per heavy atom. The molecule has 2 atom stereocenters. The minimum absolute atomic E-state index is 0. The van der Waals surface area contributed by atoms with Crippen LogP contribution in [-0.4, -0.2) is 53.5 Å². The molecular formula is C11H20ClNO5. The molecule has 0 aromatic rings. The highest BCUT2D eigenvalue weighted by Gasteiger charge is 2.41. The summed E-state index contributed by atoms with van der Waals surface area (Å²) in [6.07, 6.45) is -1.14. The van der Waals surface area contributed by atoms with Gasteiger partial charge in [-0.05, 0) is 20.8 Å². The van der Waals surface area contributed by atoms with Gasteiger partial charge in [-0.2, -0.15) is 0 Å². The molecule has 1 heterocycles. The molecule has 106 valence electrons. The van der Waals surface area contributed by atoms with Crippen molar-refractivity contribution in [3.05, 3.63) is 0 Å². The van der Waals surface area contributed by atoms with E-state index in [0.717, 1.165) is 0 Å². The average molecular weight is 282 g/mol. The summed E-state index contributed by atoms with van der Waals surface area (Å²) in [5.41, 5.74) is -0.634. The van der Waals surface area contributed by atoms with Gasteiger partial charge in [-0.3, -0.25) is 4.90 Å². The predicted octanol–water partition coefficient (Wildman–Crippen LogP) is 0.951. The fraction of sp³-hybridized carbons (Fsp3) is 0.818. The Labute approximate surface area is 113 Å². The number of β-amino-alcohol motifs (C(OH)–C–C–N with tert-alkyl or cyclic N) is 1. The van der Waals surface area contributed by atoms with Crippen LogP contribution in [0.5, 0.6) is 0 Å². The molecule has 1 fully saturated rings. The first kappa shape index (κ1) is 17.0. The van der Waals surface area contributed by atoms with E-state index in [9.17, 15) is 14.7 Å². The molecule has 0 radical (unpaired) electrons. The molecule has 0 bridgehead atoms. The third-order valence-corrected chi connectivity index (χ3v) is 2.38. The highest BCUT2D eigenvalue weighted by atomic mass is 35.5. The Balaban J connectivity index is 0.00000289. The number of hydrogen-bond acceptors (Lipinski definition) is 5. The van der Waals surface area contributed by atoms with E-state index in [0.29, 0.717) is 0 Å². The molecule has 0 aromatic heterocycles. The summed E-state index contributed by atoms with van der Waals surface area (Å²) in [5.74, 6) is -0.535. The molecule has 1 N–H and O–H groups in total. The van der Waals surface area contributed by atoms with Crippen LogP contribution in [0.3, 0.4) is 0 Å². The summed E-state index contributed by atoms with van der Waals surface area (Å²) < 4.78 is 9.76. The molecule has 6 nitrogen and oxygen atoms in total. The lowest BCUT2D eigenvalue weighted by molar-refractivity contribution is -0.145. The minimum atomic E-state index is -0.759. The number of amides is 1. The summed E-state index contributed by atoms with van der Waals surface area (Å²) in [5, 5.41) is 9.50. The number of hydrogen-bond donors (Lipinski definition) is 1. The number of ether oxygens (including phenoxy) is 2. The Hall–Kier alpha value is -1.01. The highest BCUT2D eigenvalue weighted by Crippen LogP contribution is 2.22. The third kappa shape index (κ3) is 4.34. The zero-order chi connectivity index (χ0) is 13.2. The Kier molecular flexibility index (Phi) is 5.89. The highest BCUT2D eigenvalue weighted by molar-refractivity contribution is 5.85. The van der Waals surface area contributed by atoms with Crippen molar-refractivity contribution < 1.29 is 24.2 Å². The Bertz CT molecular complexity index is 315. The van der Waals surface area contributed by atoms with Crippen molar-refractivity contribution in [2.24, 2.45) is 0 Å². The number of nitrogens with zero attached hydrogens (tertiary/aromatic N) is 1. The first-order valence-corrected chi connectivity index (χ1v) is 5.50. The number of methoxy groups -OCH3 is 1. The second-order valence-electron chi connectivity index (χ2n) is 5.06. The van der Waals surface area contributed by atoms with Crippen LogP contribution in [0.25, 0.3) is 0 Å². The van der Waals surface area contributed by atoms with Gasteiger partial charge in [0, 0.05) is 6.42 Å². The van der Waals surface area contributed by atoms with Gasteiger partial charge in [0.25, 0.3) is 0 Å². The molecule has 0 aromatic carbocycles. The van der Waals surface area contributed by atoms with Crippen LogP contribution in [0.15, 0.2) is 0 Å². The first-order chi connectivity index (χ1) is 7.74. The van der Waals surface area contributed by atoms with Crippen molar-refractivity contribution in [3.63, 3.8) is 0 Å². The van der Waals surface area contributed by atoms with Crippen LogP contribution in [0.1, 0.15) is 27.2 Å². The molecule has 0 aliphatic carbocycles. The van der Waals surface area contributed by atoms with Gasteiger partial charge in [-0.15, -0.1) is 12.4 Å². The van der Waals surface area contributed by atoms with Crippen LogP contribution < -0.4 is 0 Å². The number of carbonyl (C=O) groups excluding carboxylic acids is 2. The molecule has 1 saturated heterocycles. The molecule has 0 unspecified atom stereocenters. The number of rotatable bonds is 1. The molecular weight excluding hydrogens is 262 g/mol. The lowest BCUT2D eigenvalue weighted by atomic mass is 10.2. The summed E-state index contributed by atoms with van der Waals surface area (Å²) in [7, 11) is 1.25. The maximum absolute atomic E-state index is 11.8. The van der Waals surface area contributed by atoms with Gasteiger partial charge in [0.15, 0.2) is 0 Å². The first-order valence-electron chi connectivity index (χ1n) is 5.50. The number of halogens is 1. The van der Waals surface area contributed by atoms with Crippen LogP contribution in [0.2, 0.25) is 0 Å². The maximum Gasteiger partial charge on any atom is 0.411 e. The molecule has 7 heteroatoms. The molecule has 1 amide bonds. The van der Waals surface area contributed by atoms with Gasteiger partial charge in [-0.25, -0.2) is 9.59 Å².